The van der Waals surface area contributed by atoms with Gasteiger partial charge in [-0.1, -0.05) is 18.2 Å². The Morgan fingerprint density at radius 1 is 1.13 bits per heavy atom. The summed E-state index contributed by atoms with van der Waals surface area (Å²) in [4.78, 5) is 79.6. The largest absolute Gasteiger partial charge is 0.452 e. The van der Waals surface area contributed by atoms with Crippen molar-refractivity contribution in [2.24, 2.45) is 5.92 Å². The fourth-order valence-corrected chi connectivity index (χ4v) is 7.61. The van der Waals surface area contributed by atoms with Gasteiger partial charge in [0.1, 0.15) is 23.5 Å². The molecule has 2 saturated carbocycles. The molecule has 2 saturated heterocycles. The first-order valence-corrected chi connectivity index (χ1v) is 16.8. The summed E-state index contributed by atoms with van der Waals surface area (Å²) in [5.74, 6) is -4.70. The second-order valence-electron chi connectivity index (χ2n) is 12.5. The van der Waals surface area contributed by atoms with Crippen LogP contribution in [0, 0.1) is 11.7 Å². The number of carbonyl (C=O) groups is 6. The molecule has 3 heterocycles. The van der Waals surface area contributed by atoms with Crippen molar-refractivity contribution < 1.29 is 51.0 Å². The van der Waals surface area contributed by atoms with E-state index in [0.29, 0.717) is 24.0 Å². The summed E-state index contributed by atoms with van der Waals surface area (Å²) in [6.45, 7) is 2.94. The summed E-state index contributed by atoms with van der Waals surface area (Å²) in [7, 11) is -3.93. The van der Waals surface area contributed by atoms with Crippen LogP contribution in [0.5, 0.6) is 0 Å². The standard InChI is InChI=1S/C30H34FN5O10S/c1-2-17-11-30(17,28(41)34-47(43,44)19-6-7-19)33-26(39)22-10-18(45-29(42)35-13-16-4-3-5-21(31)20(16)15-35)14-36(22)24(37)12-32-27(40)23-8-9-25(38)46-23/h2-5,17-19,22-23H,1,6-15H2,(H,32,40)(H,33,39)(H,34,41)/t17?,18-,22+,23-,30-/m1/s1. The number of carbonyl (C=O) groups excluding carboxylic acids is 6. The lowest BCUT2D eigenvalue weighted by Gasteiger charge is -2.26. The molecule has 0 spiro atoms. The van der Waals surface area contributed by atoms with Crippen LogP contribution >= 0.6 is 0 Å². The van der Waals surface area contributed by atoms with Gasteiger partial charge in [0.25, 0.3) is 11.8 Å². The maximum absolute atomic E-state index is 14.3. The monoisotopic (exact) mass is 675 g/mol. The summed E-state index contributed by atoms with van der Waals surface area (Å²) in [6, 6.07) is 3.25. The average Bonchev–Trinajstić information content (AvgIpc) is 3.85. The number of benzene rings is 1. The Balaban J connectivity index is 1.15. The third kappa shape index (κ3) is 6.53. The van der Waals surface area contributed by atoms with Crippen molar-refractivity contribution >= 4 is 45.7 Å². The molecule has 2 aliphatic carbocycles. The normalized spacial score (nSPS) is 27.8. The molecule has 3 aliphatic heterocycles. The molecule has 1 aromatic carbocycles. The van der Waals surface area contributed by atoms with Gasteiger partial charge in [0.05, 0.1) is 24.9 Å². The van der Waals surface area contributed by atoms with Gasteiger partial charge in [0, 0.05) is 37.3 Å². The molecular weight excluding hydrogens is 641 g/mol. The van der Waals surface area contributed by atoms with E-state index in [4.69, 9.17) is 9.47 Å². The van der Waals surface area contributed by atoms with Crippen molar-refractivity contribution in [3.8, 4) is 0 Å². The number of likely N-dealkylation sites (tertiary alicyclic amines) is 1. The highest BCUT2D eigenvalue weighted by atomic mass is 32.2. The van der Waals surface area contributed by atoms with Crippen LogP contribution in [0.2, 0.25) is 0 Å². The lowest BCUT2D eigenvalue weighted by molar-refractivity contribution is -0.148. The number of fused-ring (bicyclic) bond motifs is 1. The fraction of sp³-hybridized carbons (Fsp3) is 0.533. The van der Waals surface area contributed by atoms with Gasteiger partial charge in [-0.3, -0.25) is 33.6 Å². The second-order valence-corrected chi connectivity index (χ2v) is 14.4. The van der Waals surface area contributed by atoms with Crippen LogP contribution in [-0.2, 0) is 56.6 Å². The highest BCUT2D eigenvalue weighted by Gasteiger charge is 2.62. The van der Waals surface area contributed by atoms with Crippen molar-refractivity contribution in [3.63, 3.8) is 0 Å². The van der Waals surface area contributed by atoms with E-state index in [1.807, 2.05) is 0 Å². The van der Waals surface area contributed by atoms with Crippen LogP contribution in [0.3, 0.4) is 0 Å². The molecule has 1 unspecified atom stereocenters. The van der Waals surface area contributed by atoms with Crippen molar-refractivity contribution in [2.45, 2.75) is 80.7 Å². The molecule has 5 atom stereocenters. The van der Waals surface area contributed by atoms with Gasteiger partial charge in [0.2, 0.25) is 21.8 Å². The van der Waals surface area contributed by atoms with Crippen LogP contribution in [0.1, 0.15) is 49.7 Å². The fourth-order valence-electron chi connectivity index (χ4n) is 6.24. The zero-order valence-corrected chi connectivity index (χ0v) is 26.1. The van der Waals surface area contributed by atoms with Crippen molar-refractivity contribution in [3.05, 3.63) is 47.8 Å². The number of hydrogen-bond donors (Lipinski definition) is 3. The van der Waals surface area contributed by atoms with Crippen LogP contribution in [0.4, 0.5) is 9.18 Å². The summed E-state index contributed by atoms with van der Waals surface area (Å²) in [6.07, 6.45) is -0.442. The van der Waals surface area contributed by atoms with Gasteiger partial charge in [-0.15, -0.1) is 6.58 Å². The number of nitrogens with one attached hydrogen (secondary N) is 3. The van der Waals surface area contributed by atoms with Gasteiger partial charge in [0.15, 0.2) is 6.10 Å². The molecule has 5 amide bonds. The van der Waals surface area contributed by atoms with E-state index in [0.717, 1.165) is 4.90 Å². The molecule has 15 nitrogen and oxygen atoms in total. The summed E-state index contributed by atoms with van der Waals surface area (Å²) < 4.78 is 51.9. The minimum atomic E-state index is -3.93. The predicted octanol–water partition coefficient (Wildman–Crippen LogP) is -0.261. The molecule has 6 rings (SSSR count). The molecule has 0 radical (unpaired) electrons. The second kappa shape index (κ2) is 12.2. The van der Waals surface area contributed by atoms with Crippen molar-refractivity contribution in [1.82, 2.24) is 25.2 Å². The number of nitrogens with zero attached hydrogens (tertiary/aromatic N) is 2. The van der Waals surface area contributed by atoms with Gasteiger partial charge < -0.3 is 25.0 Å². The van der Waals surface area contributed by atoms with E-state index < -0.39 is 93.0 Å². The Morgan fingerprint density at radius 2 is 1.89 bits per heavy atom. The van der Waals surface area contributed by atoms with Gasteiger partial charge in [-0.05, 0) is 30.9 Å². The SMILES string of the molecule is C=CC1C[C@]1(NC(=O)[C@@H]1C[C@@H](OC(=O)N2Cc3cccc(F)c3C2)CN1C(=O)CNC(=O)[C@H]1CCC(=O)O1)C(=O)NS(=O)(=O)C1CC1. The average molecular weight is 676 g/mol. The van der Waals surface area contributed by atoms with E-state index in [1.165, 1.54) is 23.1 Å². The summed E-state index contributed by atoms with van der Waals surface area (Å²) in [5.41, 5.74) is -0.627. The first-order chi connectivity index (χ1) is 22.3. The third-order valence-electron chi connectivity index (χ3n) is 9.18. The number of cyclic esters (lactones) is 1. The van der Waals surface area contributed by atoms with Crippen molar-refractivity contribution in [1.29, 1.82) is 0 Å². The van der Waals surface area contributed by atoms with Crippen LogP contribution in [0.25, 0.3) is 0 Å². The molecular formula is C30H34FN5O10S. The Morgan fingerprint density at radius 3 is 2.53 bits per heavy atom. The van der Waals surface area contributed by atoms with Crippen LogP contribution in [-0.4, -0.2) is 96.0 Å². The number of sulfonamides is 1. The molecule has 4 fully saturated rings. The van der Waals surface area contributed by atoms with Crippen molar-refractivity contribution in [2.75, 3.05) is 13.1 Å². The zero-order valence-electron chi connectivity index (χ0n) is 25.2. The number of esters is 1. The number of hydrogen-bond acceptors (Lipinski definition) is 10. The number of ether oxygens (including phenoxy) is 2. The molecule has 1 aromatic rings. The Kier molecular flexibility index (Phi) is 8.44. The number of rotatable bonds is 10. The smallest absolute Gasteiger partial charge is 0.410 e. The van der Waals surface area contributed by atoms with E-state index in [2.05, 4.69) is 21.9 Å². The van der Waals surface area contributed by atoms with E-state index in [-0.39, 0.29) is 45.3 Å². The van der Waals surface area contributed by atoms with E-state index in [9.17, 15) is 41.6 Å². The maximum Gasteiger partial charge on any atom is 0.410 e. The van der Waals surface area contributed by atoms with Crippen LogP contribution < -0.4 is 15.4 Å². The topological polar surface area (TPSA) is 198 Å². The zero-order chi connectivity index (χ0) is 33.7. The van der Waals surface area contributed by atoms with Crippen LogP contribution in [0.15, 0.2) is 30.9 Å². The predicted molar refractivity (Wildman–Crippen MR) is 157 cm³/mol. The highest BCUT2D eigenvalue weighted by Crippen LogP contribution is 2.45. The molecule has 0 bridgehead atoms. The molecule has 5 aliphatic rings. The molecule has 47 heavy (non-hydrogen) atoms. The van der Waals surface area contributed by atoms with Gasteiger partial charge in [-0.2, -0.15) is 0 Å². The Bertz CT molecular complexity index is 1670. The minimum absolute atomic E-state index is 0.0256. The van der Waals surface area contributed by atoms with Gasteiger partial charge in [-0.25, -0.2) is 17.6 Å². The first-order valence-electron chi connectivity index (χ1n) is 15.3. The Labute approximate surface area is 269 Å². The lowest BCUT2D eigenvalue weighted by atomic mass is 10.1. The summed E-state index contributed by atoms with van der Waals surface area (Å²) in [5, 5.41) is 4.34. The van der Waals surface area contributed by atoms with E-state index >= 15 is 0 Å². The highest BCUT2D eigenvalue weighted by molar-refractivity contribution is 7.91. The number of halogens is 1. The number of amides is 5. The lowest BCUT2D eigenvalue weighted by Crippen LogP contribution is -2.57. The molecule has 3 N–H and O–H groups in total. The molecule has 252 valence electrons. The minimum Gasteiger partial charge on any atom is -0.452 e. The van der Waals surface area contributed by atoms with Gasteiger partial charge >= 0.3 is 12.1 Å². The Hall–Kier alpha value is -4.54. The van der Waals surface area contributed by atoms with E-state index in [1.54, 1.807) is 6.07 Å². The molecule has 17 heteroatoms. The summed E-state index contributed by atoms with van der Waals surface area (Å²) >= 11 is 0. The first kappa shape index (κ1) is 32.4. The maximum atomic E-state index is 14.3. The molecule has 0 aromatic heterocycles. The quantitative estimate of drug-likeness (QED) is 0.219. The third-order valence-corrected chi connectivity index (χ3v) is 11.0.